The van der Waals surface area contributed by atoms with E-state index in [-0.39, 0.29) is 18.4 Å². The Bertz CT molecular complexity index is 465. The van der Waals surface area contributed by atoms with E-state index in [2.05, 4.69) is 33.2 Å². The Morgan fingerprint density at radius 2 is 2.00 bits per heavy atom. The quantitative estimate of drug-likeness (QED) is 0.626. The van der Waals surface area contributed by atoms with E-state index in [0.29, 0.717) is 13.0 Å². The fourth-order valence-corrected chi connectivity index (χ4v) is 2.20. The lowest BCUT2D eigenvalue weighted by molar-refractivity contribution is -0.137. The van der Waals surface area contributed by atoms with Gasteiger partial charge < -0.3 is 15.7 Å². The van der Waals surface area contributed by atoms with Crippen molar-refractivity contribution in [3.63, 3.8) is 0 Å². The van der Waals surface area contributed by atoms with Crippen molar-refractivity contribution in [3.8, 4) is 0 Å². The molecule has 0 aromatic heterocycles. The Kier molecular flexibility index (Phi) is 7.35. The summed E-state index contributed by atoms with van der Waals surface area (Å²) in [6.45, 7) is 2.53. The molecular weight excluding hydrogens is 371 g/mol. The number of hydrogen-bond acceptors (Lipinski definition) is 2. The van der Waals surface area contributed by atoms with E-state index in [1.807, 2.05) is 31.2 Å². The average Bonchev–Trinajstić information content (AvgIpc) is 2.39. The number of anilines is 1. The summed E-state index contributed by atoms with van der Waals surface area (Å²) in [5.74, 6) is -0.496. The van der Waals surface area contributed by atoms with Crippen molar-refractivity contribution in [1.82, 2.24) is 5.32 Å². The van der Waals surface area contributed by atoms with Crippen LogP contribution in [0.4, 0.5) is 10.5 Å². The summed E-state index contributed by atoms with van der Waals surface area (Å²) < 4.78 is 0.982. The summed E-state index contributed by atoms with van der Waals surface area (Å²) in [7, 11) is 0. The van der Waals surface area contributed by atoms with Crippen molar-refractivity contribution in [2.45, 2.75) is 26.2 Å². The maximum absolute atomic E-state index is 11.7. The minimum absolute atomic E-state index is 0.176. The highest BCUT2D eigenvalue weighted by Gasteiger charge is 2.07. The summed E-state index contributed by atoms with van der Waals surface area (Å²) in [6.07, 6.45) is 1.58. The molecule has 0 spiro atoms. The van der Waals surface area contributed by atoms with E-state index in [0.717, 1.165) is 15.7 Å². The molecule has 20 heavy (non-hydrogen) atoms. The molecule has 0 fully saturated rings. The second-order valence-electron chi connectivity index (χ2n) is 4.69. The molecule has 5 nitrogen and oxygen atoms in total. The highest BCUT2D eigenvalue weighted by molar-refractivity contribution is 14.1. The van der Waals surface area contributed by atoms with Crippen molar-refractivity contribution in [2.24, 2.45) is 5.92 Å². The summed E-state index contributed by atoms with van der Waals surface area (Å²) in [5, 5.41) is 14.1. The van der Waals surface area contributed by atoms with Crippen LogP contribution in [0.15, 0.2) is 24.3 Å². The smallest absolute Gasteiger partial charge is 0.319 e. The molecule has 0 saturated carbocycles. The monoisotopic (exact) mass is 390 g/mol. The standard InChI is InChI=1S/C14H19IN2O3/c1-10(6-7-13(18)19)8-9-16-14(20)17-12-5-3-2-4-11(12)15/h2-5,10H,6-9H2,1H3,(H,18,19)(H2,16,17,20). The largest absolute Gasteiger partial charge is 0.481 e. The molecule has 0 radical (unpaired) electrons. The average molecular weight is 390 g/mol. The molecule has 1 aromatic rings. The minimum atomic E-state index is -0.777. The second kappa shape index (κ2) is 8.78. The van der Waals surface area contributed by atoms with Crippen LogP contribution in [0, 0.1) is 9.49 Å². The number of aliphatic carboxylic acids is 1. The van der Waals surface area contributed by atoms with Gasteiger partial charge in [-0.2, -0.15) is 0 Å². The maximum Gasteiger partial charge on any atom is 0.319 e. The third-order valence-corrected chi connectivity index (χ3v) is 3.84. The van der Waals surface area contributed by atoms with Crippen LogP contribution in [0.25, 0.3) is 0 Å². The Morgan fingerprint density at radius 1 is 1.30 bits per heavy atom. The van der Waals surface area contributed by atoms with Gasteiger partial charge in [-0.15, -0.1) is 0 Å². The predicted octanol–water partition coefficient (Wildman–Crippen LogP) is 3.30. The van der Waals surface area contributed by atoms with Crippen LogP contribution >= 0.6 is 22.6 Å². The van der Waals surface area contributed by atoms with Crippen LogP contribution in [0.5, 0.6) is 0 Å². The fraction of sp³-hybridized carbons (Fsp3) is 0.429. The van der Waals surface area contributed by atoms with Crippen LogP contribution in [-0.4, -0.2) is 23.7 Å². The normalized spacial score (nSPS) is 11.7. The molecule has 0 heterocycles. The van der Waals surface area contributed by atoms with E-state index in [1.54, 1.807) is 0 Å². The molecular formula is C14H19IN2O3. The number of carboxylic acid groups (broad SMARTS) is 1. The Balaban J connectivity index is 2.24. The van der Waals surface area contributed by atoms with E-state index >= 15 is 0 Å². The van der Waals surface area contributed by atoms with Gasteiger partial charge in [0.05, 0.1) is 5.69 Å². The Labute approximate surface area is 132 Å². The van der Waals surface area contributed by atoms with Crippen molar-refractivity contribution < 1.29 is 14.7 Å². The summed E-state index contributed by atoms with van der Waals surface area (Å²) in [6, 6.07) is 7.31. The number of benzene rings is 1. The van der Waals surface area contributed by atoms with Crippen LogP contribution in [-0.2, 0) is 4.79 Å². The SMILES string of the molecule is CC(CCNC(=O)Nc1ccccc1I)CCC(=O)O. The van der Waals surface area contributed by atoms with Crippen LogP contribution in [0.1, 0.15) is 26.2 Å². The molecule has 6 heteroatoms. The first-order valence-corrected chi connectivity index (χ1v) is 7.58. The Morgan fingerprint density at radius 3 is 2.65 bits per heavy atom. The van der Waals surface area contributed by atoms with Gasteiger partial charge >= 0.3 is 12.0 Å². The number of nitrogens with one attached hydrogen (secondary N) is 2. The molecule has 1 rings (SSSR count). The van der Waals surface area contributed by atoms with Gasteiger partial charge in [-0.3, -0.25) is 4.79 Å². The van der Waals surface area contributed by atoms with Crippen LogP contribution in [0.2, 0.25) is 0 Å². The fourth-order valence-electron chi connectivity index (χ4n) is 1.68. The van der Waals surface area contributed by atoms with Gasteiger partial charge in [-0.1, -0.05) is 19.1 Å². The molecule has 0 aliphatic rings. The third kappa shape index (κ3) is 6.74. The zero-order chi connectivity index (χ0) is 15.0. The van der Waals surface area contributed by atoms with Crippen LogP contribution < -0.4 is 10.6 Å². The first-order valence-electron chi connectivity index (χ1n) is 6.50. The molecule has 0 aliphatic heterocycles. The number of rotatable bonds is 7. The number of carbonyl (C=O) groups is 2. The molecule has 0 bridgehead atoms. The van der Waals surface area contributed by atoms with Gasteiger partial charge in [0.15, 0.2) is 0 Å². The molecule has 0 aliphatic carbocycles. The maximum atomic E-state index is 11.7. The van der Waals surface area contributed by atoms with Gasteiger partial charge in [0.1, 0.15) is 0 Å². The molecule has 0 saturated heterocycles. The second-order valence-corrected chi connectivity index (χ2v) is 5.85. The molecule has 1 atom stereocenters. The lowest BCUT2D eigenvalue weighted by atomic mass is 10.0. The molecule has 110 valence electrons. The zero-order valence-electron chi connectivity index (χ0n) is 11.4. The number of hydrogen-bond donors (Lipinski definition) is 3. The number of para-hydroxylation sites is 1. The number of urea groups is 1. The van der Waals surface area contributed by atoms with Gasteiger partial charge in [0, 0.05) is 16.5 Å². The predicted molar refractivity (Wildman–Crippen MR) is 86.8 cm³/mol. The third-order valence-electron chi connectivity index (χ3n) is 2.90. The van der Waals surface area contributed by atoms with E-state index in [9.17, 15) is 9.59 Å². The number of carboxylic acids is 1. The lowest BCUT2D eigenvalue weighted by Gasteiger charge is -2.12. The van der Waals surface area contributed by atoms with Gasteiger partial charge in [0.2, 0.25) is 0 Å². The van der Waals surface area contributed by atoms with E-state index in [1.165, 1.54) is 0 Å². The lowest BCUT2D eigenvalue weighted by Crippen LogP contribution is -2.30. The van der Waals surface area contributed by atoms with E-state index < -0.39 is 5.97 Å². The van der Waals surface area contributed by atoms with Gasteiger partial charge in [-0.25, -0.2) is 4.79 Å². The van der Waals surface area contributed by atoms with Crippen LogP contribution in [0.3, 0.4) is 0 Å². The summed E-state index contributed by atoms with van der Waals surface area (Å²) in [5.41, 5.74) is 0.782. The van der Waals surface area contributed by atoms with Crippen molar-refractivity contribution in [2.75, 3.05) is 11.9 Å². The highest BCUT2D eigenvalue weighted by atomic mass is 127. The molecule has 1 aromatic carbocycles. The van der Waals surface area contributed by atoms with E-state index in [4.69, 9.17) is 5.11 Å². The molecule has 3 N–H and O–H groups in total. The van der Waals surface area contributed by atoms with Crippen molar-refractivity contribution in [3.05, 3.63) is 27.8 Å². The topological polar surface area (TPSA) is 78.4 Å². The first-order chi connectivity index (χ1) is 9.49. The van der Waals surface area contributed by atoms with Gasteiger partial charge in [0.25, 0.3) is 0 Å². The molecule has 1 unspecified atom stereocenters. The summed E-state index contributed by atoms with van der Waals surface area (Å²) in [4.78, 5) is 22.1. The zero-order valence-corrected chi connectivity index (χ0v) is 13.5. The van der Waals surface area contributed by atoms with Gasteiger partial charge in [-0.05, 0) is 53.5 Å². The number of amides is 2. The number of halogens is 1. The first kappa shape index (κ1) is 16.7. The number of carbonyl (C=O) groups excluding carboxylic acids is 1. The summed E-state index contributed by atoms with van der Waals surface area (Å²) >= 11 is 2.16. The highest BCUT2D eigenvalue weighted by Crippen LogP contribution is 2.16. The van der Waals surface area contributed by atoms with Crippen molar-refractivity contribution >= 4 is 40.3 Å². The Hall–Kier alpha value is -1.31. The van der Waals surface area contributed by atoms with Crippen molar-refractivity contribution in [1.29, 1.82) is 0 Å². The molecule has 2 amide bonds. The minimum Gasteiger partial charge on any atom is -0.481 e.